The van der Waals surface area contributed by atoms with Crippen LogP contribution in [0.25, 0.3) is 0 Å². The number of hydrogen-bond acceptors (Lipinski definition) is 3. The minimum Gasteiger partial charge on any atom is -0.469 e. The summed E-state index contributed by atoms with van der Waals surface area (Å²) in [5.41, 5.74) is 1.61. The van der Waals surface area contributed by atoms with E-state index >= 15 is 0 Å². The second-order valence-corrected chi connectivity index (χ2v) is 5.91. The quantitative estimate of drug-likeness (QED) is 0.862. The van der Waals surface area contributed by atoms with Crippen LogP contribution < -0.4 is 5.32 Å². The lowest BCUT2D eigenvalue weighted by Crippen LogP contribution is -2.16. The van der Waals surface area contributed by atoms with Crippen molar-refractivity contribution in [3.63, 3.8) is 0 Å². The van der Waals surface area contributed by atoms with Gasteiger partial charge in [0.25, 0.3) is 0 Å². The lowest BCUT2D eigenvalue weighted by Gasteiger charge is -2.21. The molecule has 5 heteroatoms. The second-order valence-electron chi connectivity index (χ2n) is 5.04. The molecule has 1 atom stereocenters. The van der Waals surface area contributed by atoms with Crippen LogP contribution in [-0.4, -0.2) is 5.78 Å². The van der Waals surface area contributed by atoms with Crippen molar-refractivity contribution in [2.24, 2.45) is 0 Å². The minimum absolute atomic E-state index is 0.0645. The molecule has 0 unspecified atom stereocenters. The molecule has 1 aromatic heterocycles. The summed E-state index contributed by atoms with van der Waals surface area (Å²) in [7, 11) is 0. The molecule has 0 bridgehead atoms. The van der Waals surface area contributed by atoms with Gasteiger partial charge in [-0.25, -0.2) is 0 Å². The van der Waals surface area contributed by atoms with E-state index in [9.17, 15) is 4.79 Å². The van der Waals surface area contributed by atoms with Gasteiger partial charge in [0.2, 0.25) is 0 Å². The number of hydrogen-bond donors (Lipinski definition) is 1. The van der Waals surface area contributed by atoms with E-state index in [1.165, 1.54) is 0 Å². The zero-order valence-corrected chi connectivity index (χ0v) is 12.6. The van der Waals surface area contributed by atoms with E-state index < -0.39 is 0 Å². The number of carbonyl (C=O) groups excluding carboxylic acids is 1. The predicted molar refractivity (Wildman–Crippen MR) is 83.9 cm³/mol. The number of furan rings is 1. The van der Waals surface area contributed by atoms with Crippen LogP contribution in [0.5, 0.6) is 0 Å². The minimum atomic E-state index is 0.0645. The van der Waals surface area contributed by atoms with Gasteiger partial charge in [-0.2, -0.15) is 0 Å². The van der Waals surface area contributed by atoms with Crippen molar-refractivity contribution >= 4 is 34.7 Å². The molecule has 3 nitrogen and oxygen atoms in total. The van der Waals surface area contributed by atoms with Gasteiger partial charge in [0.1, 0.15) is 5.76 Å². The molecular weight excluding hydrogens is 309 g/mol. The summed E-state index contributed by atoms with van der Waals surface area (Å²) in [4.78, 5) is 11.9. The van der Waals surface area contributed by atoms with E-state index in [1.807, 2.05) is 12.1 Å². The Morgan fingerprint density at radius 3 is 2.57 bits per heavy atom. The number of nitrogens with one attached hydrogen (secondary N) is 1. The van der Waals surface area contributed by atoms with Gasteiger partial charge in [-0.05, 0) is 36.8 Å². The molecule has 1 N–H and O–H groups in total. The Labute approximate surface area is 132 Å². The summed E-state index contributed by atoms with van der Waals surface area (Å²) in [6.07, 6.45) is 4.44. The summed E-state index contributed by atoms with van der Waals surface area (Å²) < 4.78 is 5.41. The predicted octanol–water partition coefficient (Wildman–Crippen LogP) is 5.03. The van der Waals surface area contributed by atoms with Gasteiger partial charge in [0.05, 0.1) is 6.26 Å². The maximum Gasteiger partial charge on any atom is 0.158 e. The maximum absolute atomic E-state index is 11.9. The molecular formula is C16H13Cl2NO2. The number of ketones is 1. The molecule has 0 aliphatic heterocycles. The third-order valence-electron chi connectivity index (χ3n) is 3.36. The van der Waals surface area contributed by atoms with E-state index in [4.69, 9.17) is 27.6 Å². The van der Waals surface area contributed by atoms with Gasteiger partial charge in [-0.15, -0.1) is 0 Å². The van der Waals surface area contributed by atoms with Crippen molar-refractivity contribution in [2.45, 2.75) is 18.8 Å². The van der Waals surface area contributed by atoms with Crippen LogP contribution in [0.4, 0.5) is 5.69 Å². The highest BCUT2D eigenvalue weighted by Gasteiger charge is 2.24. The monoisotopic (exact) mass is 321 g/mol. The third kappa shape index (κ3) is 3.49. The summed E-state index contributed by atoms with van der Waals surface area (Å²) in [5.74, 6) is 0.979. The van der Waals surface area contributed by atoms with Gasteiger partial charge >= 0.3 is 0 Å². The first kappa shape index (κ1) is 14.2. The van der Waals surface area contributed by atoms with Gasteiger partial charge in [-0.3, -0.25) is 4.79 Å². The number of anilines is 1. The Hall–Kier alpha value is -1.71. The van der Waals surface area contributed by atoms with Gasteiger partial charge in [0.15, 0.2) is 5.78 Å². The average Bonchev–Trinajstić information content (AvgIpc) is 2.90. The molecule has 0 radical (unpaired) electrons. The van der Waals surface area contributed by atoms with Crippen LogP contribution >= 0.6 is 23.2 Å². The van der Waals surface area contributed by atoms with E-state index in [1.54, 1.807) is 30.5 Å². The van der Waals surface area contributed by atoms with E-state index in [-0.39, 0.29) is 11.7 Å². The molecule has 0 saturated carbocycles. The van der Waals surface area contributed by atoms with Crippen LogP contribution in [-0.2, 0) is 4.79 Å². The van der Waals surface area contributed by atoms with Crippen molar-refractivity contribution in [2.75, 3.05) is 5.32 Å². The molecule has 0 spiro atoms. The second kappa shape index (κ2) is 5.96. The lowest BCUT2D eigenvalue weighted by atomic mass is 9.89. The molecule has 1 aliphatic carbocycles. The smallest absolute Gasteiger partial charge is 0.158 e. The van der Waals surface area contributed by atoms with Crippen molar-refractivity contribution in [1.29, 1.82) is 0 Å². The molecule has 2 aromatic rings. The van der Waals surface area contributed by atoms with Crippen LogP contribution in [0.3, 0.4) is 0 Å². The topological polar surface area (TPSA) is 42.2 Å². The first-order valence-corrected chi connectivity index (χ1v) is 7.35. The molecule has 1 heterocycles. The fraction of sp³-hybridized carbons (Fsp3) is 0.188. The van der Waals surface area contributed by atoms with Crippen LogP contribution in [0.1, 0.15) is 24.5 Å². The molecule has 3 rings (SSSR count). The normalized spacial score (nSPS) is 18.5. The molecule has 108 valence electrons. The van der Waals surface area contributed by atoms with Crippen molar-refractivity contribution < 1.29 is 9.21 Å². The maximum atomic E-state index is 11.9. The summed E-state index contributed by atoms with van der Waals surface area (Å²) >= 11 is 12.0. The summed E-state index contributed by atoms with van der Waals surface area (Å²) in [6.45, 7) is 0. The Kier molecular flexibility index (Phi) is 4.04. The standard InChI is InChI=1S/C16H13Cl2NO2/c17-11-6-12(18)8-14(7-11)19-13-4-10(5-15(20)9-13)16-2-1-3-21-16/h1-3,6-10,19H,4-5H2/t10-/m1/s1. The highest BCUT2D eigenvalue weighted by molar-refractivity contribution is 6.35. The molecule has 21 heavy (non-hydrogen) atoms. The number of rotatable bonds is 3. The van der Waals surface area contributed by atoms with Crippen LogP contribution in [0.2, 0.25) is 10.0 Å². The SMILES string of the molecule is O=C1C=C(Nc2cc(Cl)cc(Cl)c2)C[C@@H](c2ccco2)C1. The van der Waals surface area contributed by atoms with E-state index in [2.05, 4.69) is 5.32 Å². The molecule has 0 amide bonds. The first-order chi connectivity index (χ1) is 10.1. The van der Waals surface area contributed by atoms with Gasteiger partial charge in [-0.1, -0.05) is 23.2 Å². The molecule has 0 fully saturated rings. The van der Waals surface area contributed by atoms with Gasteiger partial charge < -0.3 is 9.73 Å². The van der Waals surface area contributed by atoms with Crippen molar-refractivity contribution in [1.82, 2.24) is 0 Å². The van der Waals surface area contributed by atoms with Crippen LogP contribution in [0.15, 0.2) is 52.8 Å². The highest BCUT2D eigenvalue weighted by atomic mass is 35.5. The summed E-state index contributed by atoms with van der Waals surface area (Å²) in [6, 6.07) is 8.95. The number of carbonyl (C=O) groups is 1. The Balaban J connectivity index is 1.80. The van der Waals surface area contributed by atoms with Crippen molar-refractivity contribution in [3.05, 3.63) is 64.2 Å². The van der Waals surface area contributed by atoms with E-state index in [0.29, 0.717) is 22.9 Å². The first-order valence-electron chi connectivity index (χ1n) is 6.60. The number of allylic oxidation sites excluding steroid dienone is 2. The summed E-state index contributed by atoms with van der Waals surface area (Å²) in [5, 5.41) is 4.32. The lowest BCUT2D eigenvalue weighted by molar-refractivity contribution is -0.115. The number of benzene rings is 1. The largest absolute Gasteiger partial charge is 0.469 e. The zero-order chi connectivity index (χ0) is 14.8. The molecule has 1 aromatic carbocycles. The Bertz CT molecular complexity index is 672. The zero-order valence-electron chi connectivity index (χ0n) is 11.1. The molecule has 0 saturated heterocycles. The Morgan fingerprint density at radius 2 is 1.90 bits per heavy atom. The van der Waals surface area contributed by atoms with Crippen LogP contribution in [0, 0.1) is 0 Å². The highest BCUT2D eigenvalue weighted by Crippen LogP contribution is 2.33. The molecule has 1 aliphatic rings. The Morgan fingerprint density at radius 1 is 1.14 bits per heavy atom. The van der Waals surface area contributed by atoms with E-state index in [0.717, 1.165) is 17.1 Å². The van der Waals surface area contributed by atoms with Gasteiger partial charge in [0, 0.05) is 39.8 Å². The average molecular weight is 322 g/mol. The third-order valence-corrected chi connectivity index (χ3v) is 3.80. The fourth-order valence-corrected chi connectivity index (χ4v) is 3.04. The van der Waals surface area contributed by atoms with Crippen molar-refractivity contribution in [3.8, 4) is 0 Å². The fourth-order valence-electron chi connectivity index (χ4n) is 2.52. The number of halogens is 2.